The molecule has 0 aliphatic heterocycles. The summed E-state index contributed by atoms with van der Waals surface area (Å²) in [4.78, 5) is 4.19. The van der Waals surface area contributed by atoms with Crippen LogP contribution in [0.2, 0.25) is 0 Å². The van der Waals surface area contributed by atoms with Crippen LogP contribution >= 0.6 is 24.0 Å². The molecule has 0 saturated heterocycles. The molecular formula is C15H34IN3O2S. The van der Waals surface area contributed by atoms with Gasteiger partial charge < -0.3 is 10.6 Å². The van der Waals surface area contributed by atoms with Crippen molar-refractivity contribution >= 4 is 39.8 Å². The van der Waals surface area contributed by atoms with Gasteiger partial charge in [0.2, 0.25) is 0 Å². The zero-order valence-corrected chi connectivity index (χ0v) is 17.9. The third kappa shape index (κ3) is 14.9. The SMILES string of the molecule is CCCCCCNC(=NC)NCC(C)(C)CCS(C)(=O)=O.I. The van der Waals surface area contributed by atoms with Crippen molar-refractivity contribution < 1.29 is 8.42 Å². The maximum absolute atomic E-state index is 11.2. The van der Waals surface area contributed by atoms with Gasteiger partial charge >= 0.3 is 0 Å². The summed E-state index contributed by atoms with van der Waals surface area (Å²) in [5, 5.41) is 6.57. The maximum atomic E-state index is 11.2. The first kappa shape index (κ1) is 24.2. The first-order valence-electron chi connectivity index (χ1n) is 7.82. The average molecular weight is 447 g/mol. The smallest absolute Gasteiger partial charge is 0.190 e. The van der Waals surface area contributed by atoms with E-state index in [4.69, 9.17) is 0 Å². The minimum atomic E-state index is -2.90. The Morgan fingerprint density at radius 1 is 1.14 bits per heavy atom. The van der Waals surface area contributed by atoms with Crippen LogP contribution in [0.1, 0.15) is 52.9 Å². The highest BCUT2D eigenvalue weighted by Gasteiger charge is 2.20. The van der Waals surface area contributed by atoms with Crippen molar-refractivity contribution in [3.05, 3.63) is 0 Å². The van der Waals surface area contributed by atoms with Crippen LogP contribution in [0, 0.1) is 5.41 Å². The summed E-state index contributed by atoms with van der Waals surface area (Å²) >= 11 is 0. The zero-order valence-electron chi connectivity index (χ0n) is 14.7. The minimum Gasteiger partial charge on any atom is -0.356 e. The molecule has 0 aliphatic carbocycles. The van der Waals surface area contributed by atoms with E-state index in [-0.39, 0.29) is 35.1 Å². The summed E-state index contributed by atoms with van der Waals surface area (Å²) in [7, 11) is -1.14. The molecule has 0 amide bonds. The fourth-order valence-electron chi connectivity index (χ4n) is 1.85. The van der Waals surface area contributed by atoms with E-state index in [0.717, 1.165) is 18.9 Å². The Balaban J connectivity index is 0. The molecule has 0 spiro atoms. The van der Waals surface area contributed by atoms with E-state index in [1.54, 1.807) is 7.05 Å². The van der Waals surface area contributed by atoms with Crippen LogP contribution in [0.3, 0.4) is 0 Å². The lowest BCUT2D eigenvalue weighted by Crippen LogP contribution is -2.42. The Hall–Kier alpha value is -0.0500. The number of unbranched alkanes of at least 4 members (excludes halogenated alkanes) is 3. The van der Waals surface area contributed by atoms with Crippen molar-refractivity contribution in [3.8, 4) is 0 Å². The Bertz CT molecular complexity index is 409. The lowest BCUT2D eigenvalue weighted by atomic mass is 9.90. The fourth-order valence-corrected chi connectivity index (χ4v) is 2.78. The van der Waals surface area contributed by atoms with Crippen molar-refractivity contribution in [2.45, 2.75) is 52.9 Å². The number of halogens is 1. The lowest BCUT2D eigenvalue weighted by molar-refractivity contribution is 0.348. The van der Waals surface area contributed by atoms with Gasteiger partial charge in [-0.05, 0) is 18.3 Å². The zero-order chi connectivity index (χ0) is 16.4. The summed E-state index contributed by atoms with van der Waals surface area (Å²) in [6, 6.07) is 0. The van der Waals surface area contributed by atoms with Crippen molar-refractivity contribution in [1.29, 1.82) is 0 Å². The summed E-state index contributed by atoms with van der Waals surface area (Å²) in [5.74, 6) is 1.02. The molecule has 0 saturated carbocycles. The molecule has 0 aliphatic rings. The highest BCUT2D eigenvalue weighted by atomic mass is 127. The van der Waals surface area contributed by atoms with Crippen LogP contribution in [0.4, 0.5) is 0 Å². The third-order valence-corrected chi connectivity index (χ3v) is 4.38. The maximum Gasteiger partial charge on any atom is 0.190 e. The number of sulfone groups is 1. The summed E-state index contributed by atoms with van der Waals surface area (Å²) in [5.41, 5.74) is -0.0804. The molecule has 0 aromatic carbocycles. The number of guanidine groups is 1. The van der Waals surface area contributed by atoms with E-state index in [1.165, 1.54) is 25.5 Å². The first-order valence-corrected chi connectivity index (χ1v) is 9.88. The monoisotopic (exact) mass is 447 g/mol. The standard InChI is InChI=1S/C15H33N3O2S.HI/c1-6-7-8-9-11-17-14(16-4)18-13-15(2,3)10-12-21(5,19)20;/h6-13H2,1-5H3,(H2,16,17,18);1H. The molecule has 22 heavy (non-hydrogen) atoms. The Morgan fingerprint density at radius 3 is 2.27 bits per heavy atom. The molecular weight excluding hydrogens is 413 g/mol. The van der Waals surface area contributed by atoms with Gasteiger partial charge in [-0.15, -0.1) is 24.0 Å². The molecule has 0 rings (SSSR count). The molecule has 5 nitrogen and oxygen atoms in total. The van der Waals surface area contributed by atoms with Crippen LogP contribution in [0.5, 0.6) is 0 Å². The van der Waals surface area contributed by atoms with E-state index in [2.05, 4.69) is 36.4 Å². The number of nitrogens with zero attached hydrogens (tertiary/aromatic N) is 1. The normalized spacial score (nSPS) is 12.7. The van der Waals surface area contributed by atoms with E-state index in [1.807, 2.05) is 0 Å². The van der Waals surface area contributed by atoms with Crippen LogP contribution in [-0.2, 0) is 9.84 Å². The molecule has 0 bridgehead atoms. The molecule has 0 radical (unpaired) electrons. The molecule has 0 fully saturated rings. The summed E-state index contributed by atoms with van der Waals surface area (Å²) in [6.45, 7) is 7.96. The molecule has 0 atom stereocenters. The van der Waals surface area contributed by atoms with Gasteiger partial charge in [0.15, 0.2) is 5.96 Å². The van der Waals surface area contributed by atoms with Gasteiger partial charge in [0.1, 0.15) is 9.84 Å². The number of rotatable bonds is 10. The molecule has 134 valence electrons. The minimum absolute atomic E-state index is 0. The summed E-state index contributed by atoms with van der Waals surface area (Å²) < 4.78 is 22.5. The molecule has 0 unspecified atom stereocenters. The summed E-state index contributed by atoms with van der Waals surface area (Å²) in [6.07, 6.45) is 6.82. The number of nitrogens with one attached hydrogen (secondary N) is 2. The topological polar surface area (TPSA) is 70.6 Å². The van der Waals surface area contributed by atoms with Gasteiger partial charge in [0.25, 0.3) is 0 Å². The Labute approximate surface area is 154 Å². The first-order chi connectivity index (χ1) is 9.70. The fraction of sp³-hybridized carbons (Fsp3) is 0.933. The predicted molar refractivity (Wildman–Crippen MR) is 107 cm³/mol. The number of aliphatic imine (C=N–C) groups is 1. The second-order valence-corrected chi connectivity index (χ2v) is 8.72. The highest BCUT2D eigenvalue weighted by molar-refractivity contribution is 14.0. The van der Waals surface area contributed by atoms with Gasteiger partial charge in [0, 0.05) is 26.4 Å². The third-order valence-electron chi connectivity index (χ3n) is 3.43. The predicted octanol–water partition coefficient (Wildman–Crippen LogP) is 2.81. The van der Waals surface area contributed by atoms with Crippen LogP contribution < -0.4 is 10.6 Å². The second kappa shape index (κ2) is 12.4. The van der Waals surface area contributed by atoms with Gasteiger partial charge in [-0.3, -0.25) is 4.99 Å². The van der Waals surface area contributed by atoms with Crippen molar-refractivity contribution in [1.82, 2.24) is 10.6 Å². The average Bonchev–Trinajstić information content (AvgIpc) is 2.39. The van der Waals surface area contributed by atoms with Gasteiger partial charge in [-0.25, -0.2) is 8.42 Å². The van der Waals surface area contributed by atoms with E-state index in [9.17, 15) is 8.42 Å². The van der Waals surface area contributed by atoms with Crippen molar-refractivity contribution in [2.24, 2.45) is 10.4 Å². The van der Waals surface area contributed by atoms with Crippen molar-refractivity contribution in [2.75, 3.05) is 32.1 Å². The Kier molecular flexibility index (Phi) is 13.6. The van der Waals surface area contributed by atoms with Gasteiger partial charge in [-0.2, -0.15) is 0 Å². The van der Waals surface area contributed by atoms with Gasteiger partial charge in [0.05, 0.1) is 5.75 Å². The molecule has 0 aromatic rings. The second-order valence-electron chi connectivity index (χ2n) is 6.46. The largest absolute Gasteiger partial charge is 0.356 e. The molecule has 0 heterocycles. The highest BCUT2D eigenvalue weighted by Crippen LogP contribution is 2.19. The molecule has 0 aromatic heterocycles. The van der Waals surface area contributed by atoms with Crippen LogP contribution in [0.15, 0.2) is 4.99 Å². The van der Waals surface area contributed by atoms with E-state index < -0.39 is 9.84 Å². The number of hydrogen-bond acceptors (Lipinski definition) is 3. The van der Waals surface area contributed by atoms with Crippen LogP contribution in [0.25, 0.3) is 0 Å². The lowest BCUT2D eigenvalue weighted by Gasteiger charge is -2.25. The quantitative estimate of drug-likeness (QED) is 0.234. The Morgan fingerprint density at radius 2 is 1.77 bits per heavy atom. The van der Waals surface area contributed by atoms with E-state index in [0.29, 0.717) is 13.0 Å². The molecule has 2 N–H and O–H groups in total. The van der Waals surface area contributed by atoms with Gasteiger partial charge in [-0.1, -0.05) is 40.0 Å². The van der Waals surface area contributed by atoms with E-state index >= 15 is 0 Å². The van der Waals surface area contributed by atoms with Crippen molar-refractivity contribution in [3.63, 3.8) is 0 Å². The van der Waals surface area contributed by atoms with Crippen LogP contribution in [-0.4, -0.2) is 46.5 Å². The number of hydrogen-bond donors (Lipinski definition) is 2. The molecule has 7 heteroatoms.